The number of thiophene rings is 1. The van der Waals surface area contributed by atoms with Crippen molar-refractivity contribution < 1.29 is 4.74 Å². The molecule has 0 amide bonds. The summed E-state index contributed by atoms with van der Waals surface area (Å²) in [6, 6.07) is 8.83. The molecule has 0 saturated heterocycles. The zero-order chi connectivity index (χ0) is 17.6. The summed E-state index contributed by atoms with van der Waals surface area (Å²) in [6.07, 6.45) is 0. The first-order chi connectivity index (χ1) is 12.1. The average molecular weight is 373 g/mol. The van der Waals surface area contributed by atoms with E-state index in [2.05, 4.69) is 15.3 Å². The first-order valence-electron chi connectivity index (χ1n) is 7.52. The van der Waals surface area contributed by atoms with Gasteiger partial charge in [0.05, 0.1) is 12.3 Å². The zero-order valence-electron chi connectivity index (χ0n) is 13.5. The average Bonchev–Trinajstić information content (AvgIpc) is 2.96. The van der Waals surface area contributed by atoms with Crippen molar-refractivity contribution >= 4 is 43.4 Å². The Balaban J connectivity index is 2.02. The van der Waals surface area contributed by atoms with E-state index < -0.39 is 0 Å². The van der Waals surface area contributed by atoms with Crippen LogP contribution in [-0.4, -0.2) is 27.1 Å². The van der Waals surface area contributed by atoms with E-state index in [0.717, 1.165) is 21.5 Å². The number of nitrogens with zero attached hydrogens (tertiary/aromatic N) is 4. The van der Waals surface area contributed by atoms with Gasteiger partial charge in [0.2, 0.25) is 0 Å². The summed E-state index contributed by atoms with van der Waals surface area (Å²) < 4.78 is 7.07. The van der Waals surface area contributed by atoms with Gasteiger partial charge < -0.3 is 4.74 Å². The van der Waals surface area contributed by atoms with Gasteiger partial charge in [0.25, 0.3) is 5.56 Å². The molecule has 0 unspecified atom stereocenters. The highest BCUT2D eigenvalue weighted by molar-refractivity contribution is 7.25. The van der Waals surface area contributed by atoms with Crippen molar-refractivity contribution in [2.75, 3.05) is 7.11 Å². The number of rotatable bonds is 3. The summed E-state index contributed by atoms with van der Waals surface area (Å²) in [5, 5.41) is 9.83. The number of halogens is 1. The van der Waals surface area contributed by atoms with Crippen molar-refractivity contribution in [3.63, 3.8) is 0 Å². The van der Waals surface area contributed by atoms with Gasteiger partial charge in [0.1, 0.15) is 15.0 Å². The Morgan fingerprint density at radius 2 is 2.04 bits per heavy atom. The summed E-state index contributed by atoms with van der Waals surface area (Å²) in [5.41, 5.74) is 2.78. The summed E-state index contributed by atoms with van der Waals surface area (Å²) >= 11 is 7.23. The first kappa shape index (κ1) is 16.1. The molecule has 0 bridgehead atoms. The normalized spacial score (nSPS) is 11.5. The molecule has 0 atom stereocenters. The molecular weight excluding hydrogens is 360 g/mol. The number of fused-ring (bicyclic) bond motifs is 3. The SMILES string of the molecule is COCc1cc(C)nc2sc3c(=O)n(-c4ccc(Cl)cc4)nnc3c12. The molecule has 3 aromatic heterocycles. The van der Waals surface area contributed by atoms with E-state index in [9.17, 15) is 4.79 Å². The molecule has 0 radical (unpaired) electrons. The van der Waals surface area contributed by atoms with E-state index in [0.29, 0.717) is 27.5 Å². The quantitative estimate of drug-likeness (QED) is 0.550. The van der Waals surface area contributed by atoms with Crippen LogP contribution in [0.15, 0.2) is 35.1 Å². The Hall–Kier alpha value is -2.35. The highest BCUT2D eigenvalue weighted by Gasteiger charge is 2.17. The number of hydrogen-bond acceptors (Lipinski definition) is 6. The maximum Gasteiger partial charge on any atom is 0.292 e. The zero-order valence-corrected chi connectivity index (χ0v) is 15.1. The van der Waals surface area contributed by atoms with Gasteiger partial charge in [-0.1, -0.05) is 16.8 Å². The molecule has 6 nitrogen and oxygen atoms in total. The number of methoxy groups -OCH3 is 1. The Bertz CT molecular complexity index is 1150. The van der Waals surface area contributed by atoms with Crippen LogP contribution in [-0.2, 0) is 11.3 Å². The van der Waals surface area contributed by atoms with Gasteiger partial charge >= 0.3 is 0 Å². The van der Waals surface area contributed by atoms with Crippen LogP contribution in [0.2, 0.25) is 5.02 Å². The molecule has 0 N–H and O–H groups in total. The Morgan fingerprint density at radius 1 is 1.28 bits per heavy atom. The molecule has 3 heterocycles. The largest absolute Gasteiger partial charge is 0.380 e. The van der Waals surface area contributed by atoms with Crippen molar-refractivity contribution in [2.45, 2.75) is 13.5 Å². The third kappa shape index (κ3) is 2.70. The number of ether oxygens (including phenoxy) is 1. The van der Waals surface area contributed by atoms with Crippen LogP contribution in [0.4, 0.5) is 0 Å². The number of pyridine rings is 1. The van der Waals surface area contributed by atoms with Crippen molar-refractivity contribution in [3.05, 3.63) is 57.0 Å². The van der Waals surface area contributed by atoms with Crippen LogP contribution in [0.5, 0.6) is 0 Å². The van der Waals surface area contributed by atoms with Gasteiger partial charge in [-0.2, -0.15) is 4.68 Å². The second-order valence-electron chi connectivity index (χ2n) is 5.60. The minimum atomic E-state index is -0.226. The first-order valence-corrected chi connectivity index (χ1v) is 8.71. The fourth-order valence-electron chi connectivity index (χ4n) is 2.78. The number of aromatic nitrogens is 4. The molecule has 8 heteroatoms. The summed E-state index contributed by atoms with van der Waals surface area (Å²) in [6.45, 7) is 2.34. The van der Waals surface area contributed by atoms with E-state index in [-0.39, 0.29) is 5.56 Å². The van der Waals surface area contributed by atoms with Crippen LogP contribution in [0.3, 0.4) is 0 Å². The highest BCUT2D eigenvalue weighted by atomic mass is 35.5. The summed E-state index contributed by atoms with van der Waals surface area (Å²) in [4.78, 5) is 18.2. The van der Waals surface area contributed by atoms with Gasteiger partial charge in [-0.3, -0.25) is 4.79 Å². The standard InChI is InChI=1S/C17H13ClN4O2S/c1-9-7-10(8-24-2)13-14-15(25-16(13)19-9)17(23)22(21-20-14)12-5-3-11(18)4-6-12/h3-7H,8H2,1-2H3. The topological polar surface area (TPSA) is 69.9 Å². The lowest BCUT2D eigenvalue weighted by molar-refractivity contribution is 0.186. The van der Waals surface area contributed by atoms with Gasteiger partial charge in [0, 0.05) is 23.2 Å². The van der Waals surface area contributed by atoms with Crippen LogP contribution in [0.25, 0.3) is 26.1 Å². The smallest absolute Gasteiger partial charge is 0.292 e. The van der Waals surface area contributed by atoms with Crippen molar-refractivity contribution in [1.82, 2.24) is 20.0 Å². The third-order valence-corrected chi connectivity index (χ3v) is 5.15. The van der Waals surface area contributed by atoms with Crippen molar-refractivity contribution in [2.24, 2.45) is 0 Å². The lowest BCUT2D eigenvalue weighted by Crippen LogP contribution is -2.21. The predicted molar refractivity (Wildman–Crippen MR) is 98.8 cm³/mol. The Morgan fingerprint density at radius 3 is 2.76 bits per heavy atom. The van der Waals surface area contributed by atoms with E-state index >= 15 is 0 Å². The Labute approximate surface area is 151 Å². The lowest BCUT2D eigenvalue weighted by Gasteiger charge is -2.04. The molecule has 4 rings (SSSR count). The molecular formula is C17H13ClN4O2S. The van der Waals surface area contributed by atoms with Crippen LogP contribution < -0.4 is 5.56 Å². The summed E-state index contributed by atoms with van der Waals surface area (Å²) in [5.74, 6) is 0. The maximum absolute atomic E-state index is 12.9. The molecule has 0 spiro atoms. The van der Waals surface area contributed by atoms with Gasteiger partial charge in [0.15, 0.2) is 0 Å². The molecule has 4 aromatic rings. The van der Waals surface area contributed by atoms with Gasteiger partial charge in [-0.25, -0.2) is 4.98 Å². The number of benzene rings is 1. The van der Waals surface area contributed by atoms with Crippen LogP contribution in [0.1, 0.15) is 11.3 Å². The van der Waals surface area contributed by atoms with Crippen LogP contribution in [0, 0.1) is 6.92 Å². The van der Waals surface area contributed by atoms with E-state index in [1.807, 2.05) is 13.0 Å². The van der Waals surface area contributed by atoms with Crippen molar-refractivity contribution in [3.8, 4) is 5.69 Å². The minimum Gasteiger partial charge on any atom is -0.380 e. The van der Waals surface area contributed by atoms with Gasteiger partial charge in [-0.15, -0.1) is 16.4 Å². The van der Waals surface area contributed by atoms with Crippen LogP contribution >= 0.6 is 22.9 Å². The fraction of sp³-hybridized carbons (Fsp3) is 0.176. The monoisotopic (exact) mass is 372 g/mol. The molecule has 25 heavy (non-hydrogen) atoms. The second kappa shape index (κ2) is 6.18. The Kier molecular flexibility index (Phi) is 3.99. The lowest BCUT2D eigenvalue weighted by atomic mass is 10.1. The molecule has 0 aliphatic rings. The fourth-order valence-corrected chi connectivity index (χ4v) is 4.04. The molecule has 0 aliphatic carbocycles. The molecule has 0 saturated carbocycles. The molecule has 0 aliphatic heterocycles. The van der Waals surface area contributed by atoms with E-state index in [1.165, 1.54) is 16.0 Å². The summed E-state index contributed by atoms with van der Waals surface area (Å²) in [7, 11) is 1.63. The highest BCUT2D eigenvalue weighted by Crippen LogP contribution is 2.32. The second-order valence-corrected chi connectivity index (χ2v) is 7.03. The van der Waals surface area contributed by atoms with E-state index in [1.54, 1.807) is 31.4 Å². The van der Waals surface area contributed by atoms with E-state index in [4.69, 9.17) is 16.3 Å². The van der Waals surface area contributed by atoms with Gasteiger partial charge in [-0.05, 0) is 42.8 Å². The predicted octanol–water partition coefficient (Wildman–Crippen LogP) is 3.50. The molecule has 0 fully saturated rings. The maximum atomic E-state index is 12.9. The third-order valence-electron chi connectivity index (χ3n) is 3.84. The minimum absolute atomic E-state index is 0.226. The number of hydrogen-bond donors (Lipinski definition) is 0. The number of aryl methyl sites for hydroxylation is 1. The molecule has 1 aromatic carbocycles. The molecule has 126 valence electrons. The van der Waals surface area contributed by atoms with Crippen molar-refractivity contribution in [1.29, 1.82) is 0 Å².